The fraction of sp³-hybridized carbons (Fsp3) is 0.278. The third-order valence-electron chi connectivity index (χ3n) is 3.57. The first-order valence-electron chi connectivity index (χ1n) is 7.39. The standard InChI is InChI=1S/C18H19NO4/c1-12(2)14-5-7-15(8-6-14)17(20)11-23-18-10-13(3)4-9-16(18)19(21)22/h4-10,12H,11H2,1-3H3. The molecule has 0 radical (unpaired) electrons. The van der Waals surface area contributed by atoms with Crippen molar-refractivity contribution in [1.29, 1.82) is 0 Å². The molecule has 2 rings (SSSR count). The average molecular weight is 313 g/mol. The number of nitro groups is 1. The van der Waals surface area contributed by atoms with Gasteiger partial charge in [0.2, 0.25) is 0 Å². The summed E-state index contributed by atoms with van der Waals surface area (Å²) in [7, 11) is 0. The lowest BCUT2D eigenvalue weighted by Gasteiger charge is -2.08. The lowest BCUT2D eigenvalue weighted by molar-refractivity contribution is -0.385. The zero-order chi connectivity index (χ0) is 17.0. The number of carbonyl (C=O) groups is 1. The van der Waals surface area contributed by atoms with Gasteiger partial charge in [-0.15, -0.1) is 0 Å². The number of hydrogen-bond donors (Lipinski definition) is 0. The maximum atomic E-state index is 12.2. The van der Waals surface area contributed by atoms with Crippen LogP contribution in [0.4, 0.5) is 5.69 Å². The van der Waals surface area contributed by atoms with Crippen LogP contribution in [0, 0.1) is 17.0 Å². The van der Waals surface area contributed by atoms with Crippen LogP contribution in [-0.2, 0) is 0 Å². The molecule has 0 saturated heterocycles. The number of ketones is 1. The predicted molar refractivity (Wildman–Crippen MR) is 88.2 cm³/mol. The first kappa shape index (κ1) is 16.7. The highest BCUT2D eigenvalue weighted by Gasteiger charge is 2.16. The largest absolute Gasteiger partial charge is 0.478 e. The van der Waals surface area contributed by atoms with Crippen LogP contribution in [-0.4, -0.2) is 17.3 Å². The quantitative estimate of drug-likeness (QED) is 0.453. The molecule has 0 saturated carbocycles. The summed E-state index contributed by atoms with van der Waals surface area (Å²) in [6.07, 6.45) is 0. The minimum absolute atomic E-state index is 0.113. The molecule has 0 fully saturated rings. The Kier molecular flexibility index (Phi) is 5.11. The number of hydrogen-bond acceptors (Lipinski definition) is 4. The Labute approximate surface area is 135 Å². The van der Waals surface area contributed by atoms with Crippen molar-refractivity contribution in [2.75, 3.05) is 6.61 Å². The molecular formula is C18H19NO4. The van der Waals surface area contributed by atoms with Crippen molar-refractivity contribution in [2.24, 2.45) is 0 Å². The van der Waals surface area contributed by atoms with E-state index < -0.39 is 4.92 Å². The topological polar surface area (TPSA) is 69.4 Å². The smallest absolute Gasteiger partial charge is 0.310 e. The van der Waals surface area contributed by atoms with Crippen LogP contribution in [0.15, 0.2) is 42.5 Å². The Morgan fingerprint density at radius 3 is 2.39 bits per heavy atom. The van der Waals surface area contributed by atoms with Gasteiger partial charge in [0, 0.05) is 11.6 Å². The Hall–Kier alpha value is -2.69. The number of carbonyl (C=O) groups excluding carboxylic acids is 1. The minimum atomic E-state index is -0.517. The van der Waals surface area contributed by atoms with Crippen LogP contribution in [0.5, 0.6) is 5.75 Å². The van der Waals surface area contributed by atoms with Crippen molar-refractivity contribution in [2.45, 2.75) is 26.7 Å². The van der Waals surface area contributed by atoms with Crippen LogP contribution >= 0.6 is 0 Å². The second kappa shape index (κ2) is 7.05. The van der Waals surface area contributed by atoms with Crippen molar-refractivity contribution >= 4 is 11.5 Å². The van der Waals surface area contributed by atoms with E-state index in [0.29, 0.717) is 11.5 Å². The van der Waals surface area contributed by atoms with Gasteiger partial charge in [-0.2, -0.15) is 0 Å². The highest BCUT2D eigenvalue weighted by molar-refractivity contribution is 5.97. The lowest BCUT2D eigenvalue weighted by Crippen LogP contribution is -2.12. The van der Waals surface area contributed by atoms with E-state index in [1.165, 1.54) is 6.07 Å². The van der Waals surface area contributed by atoms with Crippen molar-refractivity contribution in [1.82, 2.24) is 0 Å². The molecule has 0 atom stereocenters. The van der Waals surface area contributed by atoms with Gasteiger partial charge in [-0.3, -0.25) is 14.9 Å². The van der Waals surface area contributed by atoms with E-state index in [0.717, 1.165) is 11.1 Å². The van der Waals surface area contributed by atoms with E-state index in [2.05, 4.69) is 13.8 Å². The molecular weight excluding hydrogens is 294 g/mol. The molecule has 2 aromatic rings. The molecule has 0 spiro atoms. The Balaban J connectivity index is 2.10. The van der Waals surface area contributed by atoms with Crippen molar-refractivity contribution < 1.29 is 14.5 Å². The van der Waals surface area contributed by atoms with E-state index in [4.69, 9.17) is 4.74 Å². The summed E-state index contributed by atoms with van der Waals surface area (Å²) in [6, 6.07) is 11.9. The maximum absolute atomic E-state index is 12.2. The van der Waals surface area contributed by atoms with Gasteiger partial charge < -0.3 is 4.74 Å². The van der Waals surface area contributed by atoms with E-state index >= 15 is 0 Å². The van der Waals surface area contributed by atoms with Gasteiger partial charge >= 0.3 is 5.69 Å². The summed E-state index contributed by atoms with van der Waals surface area (Å²) in [4.78, 5) is 22.6. The molecule has 0 heterocycles. The van der Waals surface area contributed by atoms with Crippen molar-refractivity contribution in [3.63, 3.8) is 0 Å². The highest BCUT2D eigenvalue weighted by atomic mass is 16.6. The van der Waals surface area contributed by atoms with Gasteiger partial charge in [-0.25, -0.2) is 0 Å². The van der Waals surface area contributed by atoms with Gasteiger partial charge in [-0.05, 0) is 30.0 Å². The second-order valence-electron chi connectivity index (χ2n) is 5.72. The molecule has 0 aromatic heterocycles. The first-order valence-corrected chi connectivity index (χ1v) is 7.39. The highest BCUT2D eigenvalue weighted by Crippen LogP contribution is 2.27. The van der Waals surface area contributed by atoms with Gasteiger partial charge in [0.1, 0.15) is 0 Å². The number of ether oxygens (including phenoxy) is 1. The predicted octanol–water partition coefficient (Wildman–Crippen LogP) is 4.29. The van der Waals surface area contributed by atoms with E-state index in [1.54, 1.807) is 24.3 Å². The van der Waals surface area contributed by atoms with E-state index in [1.807, 2.05) is 19.1 Å². The SMILES string of the molecule is Cc1ccc([N+](=O)[O-])c(OCC(=O)c2ccc(C(C)C)cc2)c1. The molecule has 23 heavy (non-hydrogen) atoms. The molecule has 5 heteroatoms. The molecule has 0 aliphatic carbocycles. The lowest BCUT2D eigenvalue weighted by atomic mass is 10.0. The number of aryl methyl sites for hydroxylation is 1. The van der Waals surface area contributed by atoms with E-state index in [9.17, 15) is 14.9 Å². The molecule has 5 nitrogen and oxygen atoms in total. The Morgan fingerprint density at radius 1 is 1.17 bits per heavy atom. The molecule has 0 unspecified atom stereocenters. The van der Waals surface area contributed by atoms with E-state index in [-0.39, 0.29) is 23.8 Å². The molecule has 0 N–H and O–H groups in total. The Bertz CT molecular complexity index is 720. The van der Waals surface area contributed by atoms with Crippen LogP contribution in [0.2, 0.25) is 0 Å². The van der Waals surface area contributed by atoms with Crippen LogP contribution in [0.3, 0.4) is 0 Å². The van der Waals surface area contributed by atoms with Gasteiger partial charge in [-0.1, -0.05) is 44.2 Å². The number of nitrogens with zero attached hydrogens (tertiary/aromatic N) is 1. The normalized spacial score (nSPS) is 10.6. The van der Waals surface area contributed by atoms with Crippen molar-refractivity contribution in [3.05, 3.63) is 69.3 Å². The molecule has 0 amide bonds. The molecule has 0 bridgehead atoms. The molecule has 120 valence electrons. The second-order valence-corrected chi connectivity index (χ2v) is 5.72. The van der Waals surface area contributed by atoms with Crippen LogP contribution in [0.25, 0.3) is 0 Å². The number of benzene rings is 2. The average Bonchev–Trinajstić information content (AvgIpc) is 2.52. The summed E-state index contributed by atoms with van der Waals surface area (Å²) < 4.78 is 5.38. The Morgan fingerprint density at radius 2 is 1.83 bits per heavy atom. The first-order chi connectivity index (χ1) is 10.9. The summed E-state index contributed by atoms with van der Waals surface area (Å²) in [6.45, 7) is 5.74. The number of nitro benzene ring substituents is 1. The summed E-state index contributed by atoms with van der Waals surface area (Å²) in [5.74, 6) is 0.295. The molecule has 0 aliphatic heterocycles. The summed E-state index contributed by atoms with van der Waals surface area (Å²) >= 11 is 0. The minimum Gasteiger partial charge on any atom is -0.478 e. The molecule has 0 aliphatic rings. The zero-order valence-corrected chi connectivity index (χ0v) is 13.4. The van der Waals surface area contributed by atoms with Crippen molar-refractivity contribution in [3.8, 4) is 5.75 Å². The summed E-state index contributed by atoms with van der Waals surface area (Å²) in [5, 5.41) is 11.0. The maximum Gasteiger partial charge on any atom is 0.310 e. The third-order valence-corrected chi connectivity index (χ3v) is 3.57. The fourth-order valence-electron chi connectivity index (χ4n) is 2.17. The van der Waals surface area contributed by atoms with Gasteiger partial charge in [0.25, 0.3) is 0 Å². The van der Waals surface area contributed by atoms with Gasteiger partial charge in [0.05, 0.1) is 4.92 Å². The van der Waals surface area contributed by atoms with Gasteiger partial charge in [0.15, 0.2) is 18.1 Å². The third kappa shape index (κ3) is 4.16. The summed E-state index contributed by atoms with van der Waals surface area (Å²) in [5.41, 5.74) is 2.37. The monoisotopic (exact) mass is 313 g/mol. The number of rotatable bonds is 6. The van der Waals surface area contributed by atoms with Crippen LogP contribution < -0.4 is 4.74 Å². The zero-order valence-electron chi connectivity index (χ0n) is 13.4. The van der Waals surface area contributed by atoms with Crippen LogP contribution in [0.1, 0.15) is 41.3 Å². The molecule has 2 aromatic carbocycles. The number of Topliss-reactive ketones (excluding diaryl/α,β-unsaturated/α-hetero) is 1. The fourth-order valence-corrected chi connectivity index (χ4v) is 2.17.